The Hall–Kier alpha value is -0.900. The minimum Gasteiger partial charge on any atom is -0.394 e. The molecule has 1 aromatic heterocycles. The minimum absolute atomic E-state index is 0.0999. The normalized spacial score (nSPS) is 16.4. The van der Waals surface area contributed by atoms with Gasteiger partial charge in [-0.25, -0.2) is 0 Å². The third kappa shape index (κ3) is 1.34. The van der Waals surface area contributed by atoms with Crippen LogP contribution in [0.5, 0.6) is 0 Å². The van der Waals surface area contributed by atoms with E-state index in [0.29, 0.717) is 5.92 Å². The number of rotatable bonds is 3. The van der Waals surface area contributed by atoms with Gasteiger partial charge in [-0.2, -0.15) is 0 Å². The van der Waals surface area contributed by atoms with Gasteiger partial charge in [0.15, 0.2) is 0 Å². The Morgan fingerprint density at radius 2 is 1.92 bits per heavy atom. The van der Waals surface area contributed by atoms with Crippen LogP contribution < -0.4 is 0 Å². The largest absolute Gasteiger partial charge is 0.394 e. The van der Waals surface area contributed by atoms with Crippen LogP contribution in [0.1, 0.15) is 20.8 Å². The van der Waals surface area contributed by atoms with Crippen LogP contribution in [-0.4, -0.2) is 26.5 Å². The van der Waals surface area contributed by atoms with Gasteiger partial charge in [0, 0.05) is 0 Å². The maximum absolute atomic E-state index is 9.25. The maximum Gasteiger partial charge on any atom is 0.119 e. The van der Waals surface area contributed by atoms with Crippen molar-refractivity contribution in [2.24, 2.45) is 5.92 Å². The summed E-state index contributed by atoms with van der Waals surface area (Å²) in [5, 5.41) is 16.7. The fourth-order valence-corrected chi connectivity index (χ4v) is 1.03. The SMILES string of the molecule is CC(C)C(C)(CO)n1cnnc1. The van der Waals surface area contributed by atoms with Crippen molar-refractivity contribution in [2.45, 2.75) is 26.3 Å². The molecule has 4 nitrogen and oxygen atoms in total. The highest BCUT2D eigenvalue weighted by Crippen LogP contribution is 2.23. The molecule has 1 unspecified atom stereocenters. The van der Waals surface area contributed by atoms with Crippen molar-refractivity contribution < 1.29 is 5.11 Å². The summed E-state index contributed by atoms with van der Waals surface area (Å²) < 4.78 is 1.84. The van der Waals surface area contributed by atoms with E-state index in [9.17, 15) is 5.11 Å². The number of aromatic nitrogens is 3. The van der Waals surface area contributed by atoms with E-state index in [1.54, 1.807) is 12.7 Å². The Labute approximate surface area is 72.2 Å². The fourth-order valence-electron chi connectivity index (χ4n) is 1.03. The lowest BCUT2D eigenvalue weighted by atomic mass is 9.89. The van der Waals surface area contributed by atoms with Crippen molar-refractivity contribution >= 4 is 0 Å². The van der Waals surface area contributed by atoms with E-state index in [4.69, 9.17) is 0 Å². The molecule has 0 aliphatic rings. The first-order valence-electron chi connectivity index (χ1n) is 4.07. The van der Waals surface area contributed by atoms with Crippen LogP contribution in [-0.2, 0) is 5.54 Å². The van der Waals surface area contributed by atoms with E-state index >= 15 is 0 Å². The molecule has 0 aliphatic heterocycles. The predicted molar refractivity (Wildman–Crippen MR) is 45.6 cm³/mol. The second-order valence-electron chi connectivity index (χ2n) is 3.54. The first-order valence-corrected chi connectivity index (χ1v) is 4.07. The molecule has 0 spiro atoms. The van der Waals surface area contributed by atoms with Crippen LogP contribution in [0.15, 0.2) is 12.7 Å². The Bertz CT molecular complexity index is 232. The van der Waals surface area contributed by atoms with E-state index in [0.717, 1.165) is 0 Å². The van der Waals surface area contributed by atoms with Crippen LogP contribution in [0.2, 0.25) is 0 Å². The van der Waals surface area contributed by atoms with Gasteiger partial charge in [0.1, 0.15) is 12.7 Å². The summed E-state index contributed by atoms with van der Waals surface area (Å²) in [7, 11) is 0. The third-order valence-corrected chi connectivity index (χ3v) is 2.57. The summed E-state index contributed by atoms with van der Waals surface area (Å²) in [5.41, 5.74) is -0.288. The summed E-state index contributed by atoms with van der Waals surface area (Å²) >= 11 is 0. The summed E-state index contributed by atoms with van der Waals surface area (Å²) in [6.07, 6.45) is 3.27. The van der Waals surface area contributed by atoms with Crippen molar-refractivity contribution in [3.8, 4) is 0 Å². The molecule has 1 rings (SSSR count). The second kappa shape index (κ2) is 3.23. The smallest absolute Gasteiger partial charge is 0.119 e. The Balaban J connectivity index is 2.96. The number of aliphatic hydroxyl groups excluding tert-OH is 1. The minimum atomic E-state index is -0.288. The zero-order valence-electron chi connectivity index (χ0n) is 7.73. The monoisotopic (exact) mass is 169 g/mol. The van der Waals surface area contributed by atoms with Crippen LogP contribution in [0.25, 0.3) is 0 Å². The Morgan fingerprint density at radius 3 is 2.25 bits per heavy atom. The van der Waals surface area contributed by atoms with E-state index in [-0.39, 0.29) is 12.1 Å². The highest BCUT2D eigenvalue weighted by atomic mass is 16.3. The van der Waals surface area contributed by atoms with Gasteiger partial charge in [-0.05, 0) is 12.8 Å². The molecule has 1 atom stereocenters. The van der Waals surface area contributed by atoms with Gasteiger partial charge in [0.25, 0.3) is 0 Å². The molecule has 1 aromatic rings. The van der Waals surface area contributed by atoms with Gasteiger partial charge in [0.2, 0.25) is 0 Å². The lowest BCUT2D eigenvalue weighted by Gasteiger charge is -2.32. The van der Waals surface area contributed by atoms with Crippen molar-refractivity contribution in [3.05, 3.63) is 12.7 Å². The fraction of sp³-hybridized carbons (Fsp3) is 0.750. The van der Waals surface area contributed by atoms with Crippen molar-refractivity contribution in [3.63, 3.8) is 0 Å². The maximum atomic E-state index is 9.25. The first kappa shape index (κ1) is 9.19. The van der Waals surface area contributed by atoms with Crippen molar-refractivity contribution in [1.82, 2.24) is 14.8 Å². The van der Waals surface area contributed by atoms with E-state index in [2.05, 4.69) is 24.0 Å². The molecular formula is C8H15N3O. The quantitative estimate of drug-likeness (QED) is 0.722. The summed E-state index contributed by atoms with van der Waals surface area (Å²) in [5.74, 6) is 0.346. The average Bonchev–Trinajstić information content (AvgIpc) is 2.54. The molecule has 0 amide bonds. The molecule has 4 heteroatoms. The van der Waals surface area contributed by atoms with Gasteiger partial charge in [-0.1, -0.05) is 13.8 Å². The van der Waals surface area contributed by atoms with Crippen LogP contribution in [0.4, 0.5) is 0 Å². The highest BCUT2D eigenvalue weighted by Gasteiger charge is 2.29. The lowest BCUT2D eigenvalue weighted by molar-refractivity contribution is 0.102. The lowest BCUT2D eigenvalue weighted by Crippen LogP contribution is -2.38. The van der Waals surface area contributed by atoms with E-state index in [1.165, 1.54) is 0 Å². The number of aliphatic hydroxyl groups is 1. The van der Waals surface area contributed by atoms with Crippen LogP contribution in [0.3, 0.4) is 0 Å². The van der Waals surface area contributed by atoms with Gasteiger partial charge < -0.3 is 9.67 Å². The molecule has 0 aliphatic carbocycles. The second-order valence-corrected chi connectivity index (χ2v) is 3.54. The summed E-state index contributed by atoms with van der Waals surface area (Å²) in [4.78, 5) is 0. The molecule has 0 saturated carbocycles. The molecule has 0 bridgehead atoms. The number of hydrogen-bond donors (Lipinski definition) is 1. The molecule has 1 heterocycles. The van der Waals surface area contributed by atoms with Crippen LogP contribution in [0, 0.1) is 5.92 Å². The molecule has 1 N–H and O–H groups in total. The number of nitrogens with zero attached hydrogens (tertiary/aromatic N) is 3. The molecule has 0 saturated heterocycles. The summed E-state index contributed by atoms with van der Waals surface area (Å²) in [6.45, 7) is 6.22. The molecular weight excluding hydrogens is 154 g/mol. The van der Waals surface area contributed by atoms with Gasteiger partial charge >= 0.3 is 0 Å². The Kier molecular flexibility index (Phi) is 2.47. The molecule has 0 fully saturated rings. The van der Waals surface area contributed by atoms with Crippen LogP contribution >= 0.6 is 0 Å². The molecule has 0 radical (unpaired) electrons. The van der Waals surface area contributed by atoms with Gasteiger partial charge in [-0.15, -0.1) is 10.2 Å². The Morgan fingerprint density at radius 1 is 1.42 bits per heavy atom. The zero-order chi connectivity index (χ0) is 9.19. The predicted octanol–water partition coefficient (Wildman–Crippen LogP) is 0.642. The molecule has 68 valence electrons. The summed E-state index contributed by atoms with van der Waals surface area (Å²) in [6, 6.07) is 0. The zero-order valence-corrected chi connectivity index (χ0v) is 7.73. The molecule has 0 aromatic carbocycles. The standard InChI is InChI=1S/C8H15N3O/c1-7(2)8(3,4-12)11-5-9-10-6-11/h5-7,12H,4H2,1-3H3. The average molecular weight is 169 g/mol. The van der Waals surface area contributed by atoms with E-state index < -0.39 is 0 Å². The van der Waals surface area contributed by atoms with Crippen molar-refractivity contribution in [1.29, 1.82) is 0 Å². The highest BCUT2D eigenvalue weighted by molar-refractivity contribution is 4.86. The number of hydrogen-bond acceptors (Lipinski definition) is 3. The van der Waals surface area contributed by atoms with E-state index in [1.807, 2.05) is 11.5 Å². The topological polar surface area (TPSA) is 50.9 Å². The molecule has 12 heavy (non-hydrogen) atoms. The van der Waals surface area contributed by atoms with Crippen molar-refractivity contribution in [2.75, 3.05) is 6.61 Å². The van der Waals surface area contributed by atoms with Gasteiger partial charge in [-0.3, -0.25) is 0 Å². The van der Waals surface area contributed by atoms with Gasteiger partial charge in [0.05, 0.1) is 12.1 Å². The first-order chi connectivity index (χ1) is 5.61. The third-order valence-electron chi connectivity index (χ3n) is 2.57.